The van der Waals surface area contributed by atoms with Gasteiger partial charge in [-0.1, -0.05) is 35.0 Å². The van der Waals surface area contributed by atoms with Crippen LogP contribution in [-0.4, -0.2) is 51.4 Å². The van der Waals surface area contributed by atoms with Gasteiger partial charge in [-0.05, 0) is 55.4 Å². The van der Waals surface area contributed by atoms with Crippen LogP contribution in [-0.2, 0) is 26.4 Å². The number of nitrogens with zero attached hydrogens (tertiary/aromatic N) is 2. The van der Waals surface area contributed by atoms with E-state index in [1.807, 2.05) is 49.4 Å². The van der Waals surface area contributed by atoms with Crippen LogP contribution in [0.1, 0.15) is 24.5 Å². The van der Waals surface area contributed by atoms with Crippen molar-refractivity contribution in [1.82, 2.24) is 0 Å². The molecule has 36 heavy (non-hydrogen) atoms. The van der Waals surface area contributed by atoms with Crippen molar-refractivity contribution in [2.24, 2.45) is 5.92 Å². The molecular weight excluding hydrogens is 547 g/mol. The first-order chi connectivity index (χ1) is 17.1. The Morgan fingerprint density at radius 2 is 2.00 bits per heavy atom. The molecule has 3 aliphatic heterocycles. The van der Waals surface area contributed by atoms with Gasteiger partial charge in [0.05, 0.1) is 24.9 Å². The summed E-state index contributed by atoms with van der Waals surface area (Å²) in [4.78, 5) is 29.6. The zero-order chi connectivity index (χ0) is 25.8. The fraction of sp³-hybridized carbons (Fsp3) is 0.462. The molecule has 2 aromatic carbocycles. The third-order valence-electron chi connectivity index (χ3n) is 7.66. The molecule has 3 heterocycles. The summed E-state index contributed by atoms with van der Waals surface area (Å²) in [6.07, 6.45) is -0.649. The molecule has 2 saturated heterocycles. The van der Waals surface area contributed by atoms with Gasteiger partial charge in [0.2, 0.25) is 8.41 Å². The van der Waals surface area contributed by atoms with Crippen LogP contribution in [0, 0.1) is 5.92 Å². The molecule has 4 atom stereocenters. The summed E-state index contributed by atoms with van der Waals surface area (Å²) in [5.74, 6) is -0.630. The van der Waals surface area contributed by atoms with Gasteiger partial charge in [0.15, 0.2) is 5.60 Å². The maximum absolute atomic E-state index is 15.6. The summed E-state index contributed by atoms with van der Waals surface area (Å²) in [7, 11) is -3.24. The van der Waals surface area contributed by atoms with Crippen LogP contribution in [0.4, 0.5) is 20.3 Å². The number of aliphatic hydroxyl groups is 1. The van der Waals surface area contributed by atoms with E-state index < -0.39 is 31.6 Å². The van der Waals surface area contributed by atoms with Gasteiger partial charge >= 0.3 is 6.09 Å². The molecule has 0 aromatic heterocycles. The Kier molecular flexibility index (Phi) is 6.51. The van der Waals surface area contributed by atoms with Gasteiger partial charge in [0, 0.05) is 33.8 Å². The van der Waals surface area contributed by atoms with Crippen molar-refractivity contribution >= 4 is 47.7 Å². The van der Waals surface area contributed by atoms with Crippen molar-refractivity contribution in [3.05, 3.63) is 58.1 Å². The van der Waals surface area contributed by atoms with E-state index >= 15 is 4.11 Å². The lowest BCUT2D eigenvalue weighted by Crippen LogP contribution is -2.45. The number of hydrogen-bond donors (Lipinski definition) is 1. The van der Waals surface area contributed by atoms with Crippen LogP contribution in [0.5, 0.6) is 0 Å². The number of cyclic esters (lactones) is 1. The molecule has 1 N–H and O–H groups in total. The molecule has 10 heteroatoms. The summed E-state index contributed by atoms with van der Waals surface area (Å²) in [5, 5.41) is 9.69. The Labute approximate surface area is 219 Å². The lowest BCUT2D eigenvalue weighted by Gasteiger charge is -2.31. The minimum atomic E-state index is -3.24. The van der Waals surface area contributed by atoms with Crippen LogP contribution in [0.15, 0.2) is 46.9 Å². The van der Waals surface area contributed by atoms with Crippen LogP contribution in [0.25, 0.3) is 0 Å². The summed E-state index contributed by atoms with van der Waals surface area (Å²) < 4.78 is 28.0. The number of carbonyl (C=O) groups is 2. The second kappa shape index (κ2) is 9.23. The number of fused-ring (bicyclic) bond motifs is 2. The topological polar surface area (TPSA) is 79.3 Å². The van der Waals surface area contributed by atoms with E-state index in [9.17, 15) is 14.7 Å². The van der Waals surface area contributed by atoms with Crippen molar-refractivity contribution in [1.29, 1.82) is 0 Å². The van der Waals surface area contributed by atoms with Gasteiger partial charge in [-0.15, -0.1) is 0 Å². The zero-order valence-corrected chi connectivity index (χ0v) is 23.1. The highest BCUT2D eigenvalue weighted by Gasteiger charge is 2.66. The van der Waals surface area contributed by atoms with Gasteiger partial charge in [0.25, 0.3) is 5.91 Å². The molecule has 2 aromatic rings. The molecular formula is C26H30BrFN2O5Si. The van der Waals surface area contributed by atoms with Crippen molar-refractivity contribution < 1.29 is 28.3 Å². The van der Waals surface area contributed by atoms with Crippen molar-refractivity contribution in [3.63, 3.8) is 0 Å². The van der Waals surface area contributed by atoms with Gasteiger partial charge in [-0.2, -0.15) is 0 Å². The molecule has 0 radical (unpaired) electrons. The first kappa shape index (κ1) is 25.4. The first-order valence-electron chi connectivity index (χ1n) is 12.2. The smallest absolute Gasteiger partial charge is 0.414 e. The molecule has 1 spiro atoms. The van der Waals surface area contributed by atoms with E-state index in [0.29, 0.717) is 18.8 Å². The Balaban J connectivity index is 1.55. The predicted octanol–water partition coefficient (Wildman–Crippen LogP) is 5.11. The minimum Gasteiger partial charge on any atom is -0.447 e. The highest BCUT2D eigenvalue weighted by atomic mass is 79.9. The number of amides is 2. The highest BCUT2D eigenvalue weighted by molar-refractivity contribution is 9.10. The number of carbonyl (C=O) groups excluding carboxylic acids is 2. The minimum absolute atomic E-state index is 0.135. The Morgan fingerprint density at radius 1 is 1.22 bits per heavy atom. The number of rotatable bonds is 6. The largest absolute Gasteiger partial charge is 0.447 e. The first-order valence-corrected chi connectivity index (χ1v) is 16.0. The quantitative estimate of drug-likeness (QED) is 0.382. The SMILES string of the molecule is C[C@@H]1[C@@H]([Si](C)(C)F)[C@H](CCO)O[C@@]12C(=O)N(Cc1cccc(N3CCOC3=O)c1)c1ccc(Br)cc12. The summed E-state index contributed by atoms with van der Waals surface area (Å²) in [5.41, 5.74) is 1.24. The van der Waals surface area contributed by atoms with E-state index in [1.165, 1.54) is 0 Å². The Morgan fingerprint density at radius 3 is 2.67 bits per heavy atom. The predicted molar refractivity (Wildman–Crippen MR) is 140 cm³/mol. The third kappa shape index (κ3) is 3.98. The third-order valence-corrected chi connectivity index (χ3v) is 10.6. The summed E-state index contributed by atoms with van der Waals surface area (Å²) in [6, 6.07) is 13.2. The van der Waals surface area contributed by atoms with Gasteiger partial charge in [-0.25, -0.2) is 4.79 Å². The summed E-state index contributed by atoms with van der Waals surface area (Å²) in [6.45, 7) is 6.16. The fourth-order valence-electron chi connectivity index (χ4n) is 6.21. The van der Waals surface area contributed by atoms with E-state index in [2.05, 4.69) is 15.9 Å². The Hall–Kier alpha value is -2.27. The van der Waals surface area contributed by atoms with E-state index in [-0.39, 0.29) is 31.6 Å². The average Bonchev–Trinajstić information content (AvgIpc) is 3.44. The average molecular weight is 578 g/mol. The maximum Gasteiger partial charge on any atom is 0.414 e. The molecule has 2 fully saturated rings. The molecule has 2 amide bonds. The maximum atomic E-state index is 15.6. The number of anilines is 2. The van der Waals surface area contributed by atoms with Crippen LogP contribution in [0.3, 0.4) is 0 Å². The normalized spacial score (nSPS) is 27.8. The zero-order valence-electron chi connectivity index (χ0n) is 20.5. The van der Waals surface area contributed by atoms with Gasteiger partial charge in [-0.3, -0.25) is 9.69 Å². The Bertz CT molecular complexity index is 1210. The standard InChI is InChI=1S/C26H30BrFN2O5Si/c1-16-23(36(2,3)28)22(9-11-31)35-26(16)20-14-18(27)7-8-21(20)30(24(26)32)15-17-5-4-6-19(13-17)29-10-12-34-25(29)33/h4-8,13-14,16,22-23,31H,9-12,15H2,1-3H3/t16-,22+,23-,26+/m1/s1. The molecule has 0 unspecified atom stereocenters. The molecule has 5 rings (SSSR count). The van der Waals surface area contributed by atoms with Gasteiger partial charge in [0.1, 0.15) is 6.61 Å². The van der Waals surface area contributed by atoms with Gasteiger partial charge < -0.3 is 23.6 Å². The molecule has 0 aliphatic carbocycles. The lowest BCUT2D eigenvalue weighted by molar-refractivity contribution is -0.146. The van der Waals surface area contributed by atoms with E-state index in [0.717, 1.165) is 21.3 Å². The fourth-order valence-corrected chi connectivity index (χ4v) is 9.11. The number of benzene rings is 2. The molecule has 0 bridgehead atoms. The number of hydrogen-bond acceptors (Lipinski definition) is 5. The molecule has 0 saturated carbocycles. The molecule has 7 nitrogen and oxygen atoms in total. The summed E-state index contributed by atoms with van der Waals surface area (Å²) >= 11 is 3.54. The highest BCUT2D eigenvalue weighted by Crippen LogP contribution is 2.60. The van der Waals surface area contributed by atoms with Crippen molar-refractivity contribution in [2.45, 2.75) is 50.2 Å². The lowest BCUT2D eigenvalue weighted by atomic mass is 9.82. The monoisotopic (exact) mass is 576 g/mol. The number of halogens is 2. The van der Waals surface area contributed by atoms with Crippen molar-refractivity contribution in [2.75, 3.05) is 29.6 Å². The van der Waals surface area contributed by atoms with E-state index in [1.54, 1.807) is 22.9 Å². The van der Waals surface area contributed by atoms with Crippen LogP contribution in [0.2, 0.25) is 18.6 Å². The number of ether oxygens (including phenoxy) is 2. The number of aliphatic hydroxyl groups excluding tert-OH is 1. The van der Waals surface area contributed by atoms with Crippen LogP contribution >= 0.6 is 15.9 Å². The second-order valence-electron chi connectivity index (χ2n) is 10.3. The van der Waals surface area contributed by atoms with E-state index in [4.69, 9.17) is 9.47 Å². The van der Waals surface area contributed by atoms with Crippen molar-refractivity contribution in [3.8, 4) is 0 Å². The van der Waals surface area contributed by atoms with Crippen LogP contribution < -0.4 is 9.80 Å². The molecule has 192 valence electrons. The molecule has 3 aliphatic rings. The second-order valence-corrected chi connectivity index (χ2v) is 15.0.